The van der Waals surface area contributed by atoms with Crippen molar-refractivity contribution >= 4 is 45.7 Å². The quantitative estimate of drug-likeness (QED) is 0.114. The van der Waals surface area contributed by atoms with Crippen LogP contribution in [0.15, 0.2) is 64.6 Å². The number of hydrogen-bond donors (Lipinski definition) is 2. The second-order valence-electron chi connectivity index (χ2n) is 15.1. The molecule has 5 heterocycles. The second kappa shape index (κ2) is 18.4. The zero-order chi connectivity index (χ0) is 44.2. The van der Waals surface area contributed by atoms with Crippen molar-refractivity contribution in [3.05, 3.63) is 99.8 Å². The Bertz CT molecular complexity index is 2870. The normalized spacial score (nSPS) is 14.2. The number of carbonyl (C=O) groups is 4. The van der Waals surface area contributed by atoms with Crippen LogP contribution >= 0.6 is 0 Å². The van der Waals surface area contributed by atoms with Gasteiger partial charge in [0, 0.05) is 71.0 Å². The lowest BCUT2D eigenvalue weighted by Gasteiger charge is -2.26. The lowest BCUT2D eigenvalue weighted by molar-refractivity contribution is 0.0358. The van der Waals surface area contributed by atoms with E-state index < -0.39 is 23.6 Å². The molecule has 7 rings (SSSR count). The minimum absolute atomic E-state index is 0.215. The Kier molecular flexibility index (Phi) is 12.8. The van der Waals surface area contributed by atoms with E-state index in [9.17, 15) is 19.2 Å². The van der Waals surface area contributed by atoms with Gasteiger partial charge in [-0.15, -0.1) is 0 Å². The SMILES string of the molecule is CCn1nc(C)cc1C(=O)N=c1n(C)c2cc(C(N)=O)ccc2n1C/C=C/Cn1c(=NC(=O)c2cc(C)nn2CC)n(C)c2cc(C(N)=O)cc(OCCCN3CCOCC3)c21. The van der Waals surface area contributed by atoms with Gasteiger partial charge in [-0.1, -0.05) is 12.2 Å². The number of allylic oxidation sites excluding steroid dienone is 2. The lowest BCUT2D eigenvalue weighted by Crippen LogP contribution is -2.37. The van der Waals surface area contributed by atoms with Crippen molar-refractivity contribution in [2.75, 3.05) is 39.5 Å². The third-order valence-electron chi connectivity index (χ3n) is 10.9. The van der Waals surface area contributed by atoms with E-state index >= 15 is 0 Å². The van der Waals surface area contributed by atoms with E-state index in [1.165, 1.54) is 0 Å². The number of rotatable bonds is 15. The summed E-state index contributed by atoms with van der Waals surface area (Å²) in [5.41, 5.74) is 17.3. The molecule has 6 aromatic rings. The number of ether oxygens (including phenoxy) is 2. The zero-order valence-corrected chi connectivity index (χ0v) is 36.0. The number of carbonyl (C=O) groups excluding carboxylic acids is 4. The van der Waals surface area contributed by atoms with Crippen molar-refractivity contribution in [2.45, 2.75) is 60.3 Å². The van der Waals surface area contributed by atoms with Crippen molar-refractivity contribution in [2.24, 2.45) is 35.5 Å². The van der Waals surface area contributed by atoms with Gasteiger partial charge < -0.3 is 39.2 Å². The van der Waals surface area contributed by atoms with Crippen LogP contribution < -0.4 is 27.4 Å². The van der Waals surface area contributed by atoms with Gasteiger partial charge in [0.05, 0.1) is 47.8 Å². The molecule has 19 nitrogen and oxygen atoms in total. The number of imidazole rings is 2. The maximum Gasteiger partial charge on any atom is 0.298 e. The summed E-state index contributed by atoms with van der Waals surface area (Å²) < 4.78 is 22.4. The minimum atomic E-state index is -0.626. The number of amides is 4. The topological polar surface area (TPSA) is 222 Å². The molecule has 62 heavy (non-hydrogen) atoms. The van der Waals surface area contributed by atoms with Gasteiger partial charge in [-0.05, 0) is 76.6 Å². The third kappa shape index (κ3) is 8.80. The molecule has 0 unspecified atom stereocenters. The number of benzene rings is 2. The number of nitrogens with two attached hydrogens (primary N) is 2. The Morgan fingerprint density at radius 2 is 1.29 bits per heavy atom. The van der Waals surface area contributed by atoms with E-state index in [2.05, 4.69) is 25.1 Å². The van der Waals surface area contributed by atoms with E-state index in [-0.39, 0.29) is 18.7 Å². The van der Waals surface area contributed by atoms with Crippen LogP contribution in [0.2, 0.25) is 0 Å². The molecule has 19 heteroatoms. The molecule has 2 aromatic carbocycles. The predicted octanol–water partition coefficient (Wildman–Crippen LogP) is 2.36. The average Bonchev–Trinajstić information content (AvgIpc) is 3.99. The summed E-state index contributed by atoms with van der Waals surface area (Å²) in [6.45, 7) is 13.1. The van der Waals surface area contributed by atoms with Gasteiger partial charge in [0.25, 0.3) is 11.8 Å². The van der Waals surface area contributed by atoms with Crippen LogP contribution in [0.25, 0.3) is 22.1 Å². The zero-order valence-electron chi connectivity index (χ0n) is 36.0. The van der Waals surface area contributed by atoms with Gasteiger partial charge in [-0.2, -0.15) is 20.2 Å². The third-order valence-corrected chi connectivity index (χ3v) is 10.9. The smallest absolute Gasteiger partial charge is 0.298 e. The molecular formula is C43H53N13O6. The molecule has 4 amide bonds. The van der Waals surface area contributed by atoms with Crippen LogP contribution in [0.3, 0.4) is 0 Å². The minimum Gasteiger partial charge on any atom is -0.491 e. The first kappa shape index (κ1) is 43.2. The second-order valence-corrected chi connectivity index (χ2v) is 15.1. The van der Waals surface area contributed by atoms with Crippen LogP contribution in [0.4, 0.5) is 0 Å². The number of hydrogen-bond acceptors (Lipinski definition) is 9. The highest BCUT2D eigenvalue weighted by atomic mass is 16.5. The maximum absolute atomic E-state index is 13.9. The maximum atomic E-state index is 13.9. The van der Waals surface area contributed by atoms with Crippen molar-refractivity contribution in [3.8, 4) is 5.75 Å². The van der Waals surface area contributed by atoms with Gasteiger partial charge >= 0.3 is 0 Å². The van der Waals surface area contributed by atoms with Crippen LogP contribution in [0, 0.1) is 13.8 Å². The molecule has 1 aliphatic heterocycles. The molecular weight excluding hydrogens is 795 g/mol. The number of nitrogens with zero attached hydrogens (tertiary/aromatic N) is 11. The van der Waals surface area contributed by atoms with Gasteiger partial charge in [0.2, 0.25) is 23.1 Å². The first-order valence-corrected chi connectivity index (χ1v) is 20.7. The van der Waals surface area contributed by atoms with E-state index in [0.717, 1.165) is 26.1 Å². The molecule has 0 radical (unpaired) electrons. The van der Waals surface area contributed by atoms with Crippen molar-refractivity contribution in [1.82, 2.24) is 42.7 Å². The summed E-state index contributed by atoms with van der Waals surface area (Å²) in [4.78, 5) is 64.0. The van der Waals surface area contributed by atoms with Crippen LogP contribution in [0.1, 0.15) is 73.3 Å². The van der Waals surface area contributed by atoms with Gasteiger partial charge in [-0.3, -0.25) is 33.4 Å². The van der Waals surface area contributed by atoms with E-state index in [0.29, 0.717) is 100 Å². The van der Waals surface area contributed by atoms with E-state index in [4.69, 9.17) is 20.9 Å². The molecule has 1 saturated heterocycles. The monoisotopic (exact) mass is 847 g/mol. The summed E-state index contributed by atoms with van der Waals surface area (Å²) in [7, 11) is 3.54. The number of morpholine rings is 1. The summed E-state index contributed by atoms with van der Waals surface area (Å²) in [5, 5.41) is 8.87. The number of aromatic nitrogens is 8. The van der Waals surface area contributed by atoms with E-state index in [1.54, 1.807) is 75.1 Å². The predicted molar refractivity (Wildman–Crippen MR) is 230 cm³/mol. The van der Waals surface area contributed by atoms with Crippen molar-refractivity contribution in [1.29, 1.82) is 0 Å². The molecule has 0 saturated carbocycles. The summed E-state index contributed by atoms with van der Waals surface area (Å²) in [6.07, 6.45) is 4.56. The average molecular weight is 848 g/mol. The fourth-order valence-corrected chi connectivity index (χ4v) is 7.82. The fourth-order valence-electron chi connectivity index (χ4n) is 7.82. The molecule has 1 aliphatic rings. The number of aryl methyl sites for hydroxylation is 6. The highest BCUT2D eigenvalue weighted by Gasteiger charge is 2.21. The van der Waals surface area contributed by atoms with E-state index in [1.807, 2.05) is 49.0 Å². The molecule has 4 aromatic heterocycles. The Morgan fingerprint density at radius 3 is 1.87 bits per heavy atom. The van der Waals surface area contributed by atoms with Gasteiger partial charge in [0.1, 0.15) is 22.7 Å². The summed E-state index contributed by atoms with van der Waals surface area (Å²) in [5.74, 6) is -1.75. The van der Waals surface area contributed by atoms with Crippen LogP contribution in [0.5, 0.6) is 5.75 Å². The standard InChI is InChI=1S/C43H53N13O6/c1-7-55-34(22-27(3)48-55)40(59)46-42-50(5)32-24-29(38(44)57)12-13-31(32)53(42)15-9-10-16-54-37-33(51(6)43(54)47-41(60)35-23-28(4)49-56(35)8-2)25-30(39(45)58)26-36(37)62-19-11-14-52-17-20-61-21-18-52/h9-10,12-13,22-26H,7-8,11,14-21H2,1-6H3,(H2,44,57)(H2,45,58)/b10-9+,46-42?,47-43?. The van der Waals surface area contributed by atoms with Crippen LogP contribution in [-0.2, 0) is 45.0 Å². The largest absolute Gasteiger partial charge is 0.491 e. The molecule has 326 valence electrons. The van der Waals surface area contributed by atoms with Gasteiger partial charge in [0.15, 0.2) is 0 Å². The summed E-state index contributed by atoms with van der Waals surface area (Å²) in [6, 6.07) is 11.8. The lowest BCUT2D eigenvalue weighted by atomic mass is 10.1. The first-order chi connectivity index (χ1) is 29.8. The highest BCUT2D eigenvalue weighted by molar-refractivity contribution is 5.99. The first-order valence-electron chi connectivity index (χ1n) is 20.7. The number of fused-ring (bicyclic) bond motifs is 2. The molecule has 0 bridgehead atoms. The highest BCUT2D eigenvalue weighted by Crippen LogP contribution is 2.28. The molecule has 0 aliphatic carbocycles. The van der Waals surface area contributed by atoms with Crippen LogP contribution in [-0.4, -0.2) is 106 Å². The Labute approximate surface area is 357 Å². The van der Waals surface area contributed by atoms with Gasteiger partial charge in [-0.25, -0.2) is 0 Å². The molecule has 0 spiro atoms. The fraction of sp³-hybridized carbons (Fsp3) is 0.395. The Morgan fingerprint density at radius 1 is 0.742 bits per heavy atom. The number of primary amides is 2. The van der Waals surface area contributed by atoms with Crippen molar-refractivity contribution in [3.63, 3.8) is 0 Å². The molecule has 4 N–H and O–H groups in total. The summed E-state index contributed by atoms with van der Waals surface area (Å²) >= 11 is 0. The Hall–Kier alpha value is -6.86. The molecule has 1 fully saturated rings. The van der Waals surface area contributed by atoms with Crippen molar-refractivity contribution < 1.29 is 28.7 Å². The molecule has 0 atom stereocenters. The Balaban J connectivity index is 1.31.